The van der Waals surface area contributed by atoms with E-state index in [4.69, 9.17) is 4.42 Å². The van der Waals surface area contributed by atoms with Crippen LogP contribution in [0.5, 0.6) is 0 Å². The molecule has 1 aromatic heterocycles. The van der Waals surface area contributed by atoms with Crippen molar-refractivity contribution in [2.75, 3.05) is 0 Å². The highest BCUT2D eigenvalue weighted by Crippen LogP contribution is 2.18. The Labute approximate surface area is 140 Å². The summed E-state index contributed by atoms with van der Waals surface area (Å²) in [6, 6.07) is 20.7. The van der Waals surface area contributed by atoms with Crippen LogP contribution in [0.2, 0.25) is 0 Å². The Morgan fingerprint density at radius 1 is 0.875 bits per heavy atom. The zero-order valence-corrected chi connectivity index (χ0v) is 13.2. The second-order valence-corrected chi connectivity index (χ2v) is 5.64. The lowest BCUT2D eigenvalue weighted by Gasteiger charge is -2.21. The van der Waals surface area contributed by atoms with Gasteiger partial charge in [0.2, 0.25) is 0 Å². The molecular weight excluding hydrogens is 304 g/mol. The highest BCUT2D eigenvalue weighted by atomic mass is 16.6. The summed E-state index contributed by atoms with van der Waals surface area (Å²) < 4.78 is 5.45. The zero-order valence-electron chi connectivity index (χ0n) is 13.2. The maximum Gasteiger partial charge on any atom is 0.269 e. The fourth-order valence-corrected chi connectivity index (χ4v) is 2.66. The molecule has 0 atom stereocenters. The molecule has 0 bridgehead atoms. The summed E-state index contributed by atoms with van der Waals surface area (Å²) in [5.74, 6) is 0.872. The lowest BCUT2D eigenvalue weighted by molar-refractivity contribution is -0.384. The summed E-state index contributed by atoms with van der Waals surface area (Å²) in [5.41, 5.74) is 2.21. The third-order valence-electron chi connectivity index (χ3n) is 3.74. The largest absolute Gasteiger partial charge is 0.468 e. The first-order valence-electron chi connectivity index (χ1n) is 7.73. The van der Waals surface area contributed by atoms with Gasteiger partial charge in [-0.2, -0.15) is 0 Å². The molecule has 0 aliphatic rings. The van der Waals surface area contributed by atoms with Crippen molar-refractivity contribution in [3.63, 3.8) is 0 Å². The number of nitro groups is 1. The van der Waals surface area contributed by atoms with E-state index in [1.54, 1.807) is 18.4 Å². The van der Waals surface area contributed by atoms with E-state index >= 15 is 0 Å². The third-order valence-corrected chi connectivity index (χ3v) is 3.74. The Balaban J connectivity index is 1.78. The molecule has 0 N–H and O–H groups in total. The number of benzene rings is 2. The highest BCUT2D eigenvalue weighted by molar-refractivity contribution is 5.34. The highest BCUT2D eigenvalue weighted by Gasteiger charge is 2.12. The molecule has 0 radical (unpaired) electrons. The van der Waals surface area contributed by atoms with Gasteiger partial charge in [0.25, 0.3) is 5.69 Å². The number of nitrogens with zero attached hydrogens (tertiary/aromatic N) is 2. The first-order chi connectivity index (χ1) is 11.7. The summed E-state index contributed by atoms with van der Waals surface area (Å²) in [6.07, 6.45) is 1.66. The van der Waals surface area contributed by atoms with Crippen LogP contribution in [0, 0.1) is 10.1 Å². The van der Waals surface area contributed by atoms with Crippen LogP contribution in [-0.2, 0) is 19.6 Å². The molecular formula is C19H18N2O3. The van der Waals surface area contributed by atoms with Crippen LogP contribution in [0.3, 0.4) is 0 Å². The normalized spacial score (nSPS) is 10.9. The fraction of sp³-hybridized carbons (Fsp3) is 0.158. The van der Waals surface area contributed by atoms with Gasteiger partial charge in [0.05, 0.1) is 17.7 Å². The summed E-state index contributed by atoms with van der Waals surface area (Å²) >= 11 is 0. The summed E-state index contributed by atoms with van der Waals surface area (Å²) in [6.45, 7) is 1.99. The number of non-ortho nitro benzene ring substituents is 1. The molecule has 1 heterocycles. The Hall–Kier alpha value is -2.92. The first kappa shape index (κ1) is 16.0. The van der Waals surface area contributed by atoms with Gasteiger partial charge >= 0.3 is 0 Å². The lowest BCUT2D eigenvalue weighted by Crippen LogP contribution is -2.22. The molecule has 0 aliphatic heterocycles. The van der Waals surface area contributed by atoms with Crippen molar-refractivity contribution in [1.29, 1.82) is 0 Å². The Morgan fingerprint density at radius 3 is 2.33 bits per heavy atom. The number of furan rings is 1. The molecule has 5 nitrogen and oxygen atoms in total. The molecule has 0 fully saturated rings. The standard InChI is InChI=1S/C19H18N2O3/c22-21(23)18-9-4-8-17(12-18)14-20(15-19-10-5-11-24-19)13-16-6-2-1-3-7-16/h1-12H,13-15H2. The predicted molar refractivity (Wildman–Crippen MR) is 91.2 cm³/mol. The summed E-state index contributed by atoms with van der Waals surface area (Å²) in [5, 5.41) is 11.0. The molecule has 2 aromatic carbocycles. The molecule has 5 heteroatoms. The minimum Gasteiger partial charge on any atom is -0.468 e. The van der Waals surface area contributed by atoms with E-state index in [0.29, 0.717) is 13.1 Å². The zero-order chi connectivity index (χ0) is 16.8. The van der Waals surface area contributed by atoms with Gasteiger partial charge in [-0.3, -0.25) is 15.0 Å². The van der Waals surface area contributed by atoms with Gasteiger partial charge in [0.1, 0.15) is 5.76 Å². The second-order valence-electron chi connectivity index (χ2n) is 5.64. The average Bonchev–Trinajstić information content (AvgIpc) is 3.09. The van der Waals surface area contributed by atoms with Gasteiger partial charge in [-0.25, -0.2) is 0 Å². The Bertz CT molecular complexity index is 785. The van der Waals surface area contributed by atoms with Crippen molar-refractivity contribution < 1.29 is 9.34 Å². The number of rotatable bonds is 7. The van der Waals surface area contributed by atoms with Gasteiger partial charge < -0.3 is 4.42 Å². The Kier molecular flexibility index (Phi) is 5.03. The van der Waals surface area contributed by atoms with Crippen molar-refractivity contribution in [3.8, 4) is 0 Å². The maximum atomic E-state index is 11.0. The van der Waals surface area contributed by atoms with Crippen LogP contribution in [0.15, 0.2) is 77.4 Å². The number of hydrogen-bond acceptors (Lipinski definition) is 4. The number of hydrogen-bond donors (Lipinski definition) is 0. The molecule has 0 spiro atoms. The predicted octanol–water partition coefficient (Wildman–Crippen LogP) is 4.39. The molecule has 24 heavy (non-hydrogen) atoms. The fourth-order valence-electron chi connectivity index (χ4n) is 2.66. The second kappa shape index (κ2) is 7.57. The maximum absolute atomic E-state index is 11.0. The van der Waals surface area contributed by atoms with Crippen molar-refractivity contribution in [2.24, 2.45) is 0 Å². The van der Waals surface area contributed by atoms with E-state index in [2.05, 4.69) is 17.0 Å². The minimum atomic E-state index is -0.364. The van der Waals surface area contributed by atoms with Crippen LogP contribution >= 0.6 is 0 Å². The molecule has 3 rings (SSSR count). The van der Waals surface area contributed by atoms with Crippen LogP contribution < -0.4 is 0 Å². The van der Waals surface area contributed by atoms with Crippen molar-refractivity contribution in [3.05, 3.63) is 100.0 Å². The average molecular weight is 322 g/mol. The number of nitro benzene ring substituents is 1. The van der Waals surface area contributed by atoms with Crippen molar-refractivity contribution >= 4 is 5.69 Å². The Morgan fingerprint density at radius 2 is 1.62 bits per heavy atom. The van der Waals surface area contributed by atoms with E-state index in [9.17, 15) is 10.1 Å². The monoisotopic (exact) mass is 322 g/mol. The van der Waals surface area contributed by atoms with Crippen LogP contribution in [0.4, 0.5) is 5.69 Å². The molecule has 0 amide bonds. The van der Waals surface area contributed by atoms with E-state index in [-0.39, 0.29) is 10.6 Å². The van der Waals surface area contributed by atoms with Gasteiger partial charge in [-0.1, -0.05) is 42.5 Å². The smallest absolute Gasteiger partial charge is 0.269 e. The minimum absolute atomic E-state index is 0.116. The SMILES string of the molecule is O=[N+]([O-])c1cccc(CN(Cc2ccccc2)Cc2ccco2)c1. The molecule has 122 valence electrons. The molecule has 0 saturated heterocycles. The molecule has 0 aliphatic carbocycles. The summed E-state index contributed by atoms with van der Waals surface area (Å²) in [7, 11) is 0. The molecule has 0 saturated carbocycles. The first-order valence-corrected chi connectivity index (χ1v) is 7.73. The van der Waals surface area contributed by atoms with Crippen LogP contribution in [-0.4, -0.2) is 9.82 Å². The van der Waals surface area contributed by atoms with Gasteiger partial charge in [-0.05, 0) is 23.3 Å². The van der Waals surface area contributed by atoms with Gasteiger partial charge in [0.15, 0.2) is 0 Å². The van der Waals surface area contributed by atoms with Crippen molar-refractivity contribution in [2.45, 2.75) is 19.6 Å². The lowest BCUT2D eigenvalue weighted by atomic mass is 10.1. The van der Waals surface area contributed by atoms with Gasteiger partial charge in [-0.15, -0.1) is 0 Å². The van der Waals surface area contributed by atoms with Crippen LogP contribution in [0.25, 0.3) is 0 Å². The van der Waals surface area contributed by atoms with Gasteiger partial charge in [0, 0.05) is 25.2 Å². The van der Waals surface area contributed by atoms with Crippen LogP contribution in [0.1, 0.15) is 16.9 Å². The van der Waals surface area contributed by atoms with E-state index < -0.39 is 0 Å². The topological polar surface area (TPSA) is 59.5 Å². The van der Waals surface area contributed by atoms with E-state index in [0.717, 1.165) is 17.9 Å². The van der Waals surface area contributed by atoms with E-state index in [1.165, 1.54) is 11.6 Å². The quantitative estimate of drug-likeness (QED) is 0.478. The molecule has 3 aromatic rings. The van der Waals surface area contributed by atoms with E-state index in [1.807, 2.05) is 36.4 Å². The van der Waals surface area contributed by atoms with Crippen molar-refractivity contribution in [1.82, 2.24) is 4.90 Å². The molecule has 0 unspecified atom stereocenters. The summed E-state index contributed by atoms with van der Waals surface area (Å²) in [4.78, 5) is 12.8. The third kappa shape index (κ3) is 4.30.